The molecule has 0 saturated carbocycles. The van der Waals surface area contributed by atoms with Gasteiger partial charge in [0.05, 0.1) is 0 Å². The minimum absolute atomic E-state index is 0.0899. The zero-order chi connectivity index (χ0) is 49.3. The maximum absolute atomic E-state index is 12.8. The molecule has 6 heteroatoms. The van der Waals surface area contributed by atoms with Crippen LogP contribution in [0.3, 0.4) is 0 Å². The zero-order valence-corrected chi connectivity index (χ0v) is 44.9. The van der Waals surface area contributed by atoms with Gasteiger partial charge in [-0.25, -0.2) is 0 Å². The van der Waals surface area contributed by atoms with Crippen LogP contribution in [-0.2, 0) is 28.6 Å². The van der Waals surface area contributed by atoms with Gasteiger partial charge in [0.15, 0.2) is 6.10 Å². The van der Waals surface area contributed by atoms with E-state index in [0.29, 0.717) is 19.3 Å². The number of rotatable bonds is 52. The van der Waals surface area contributed by atoms with E-state index in [0.717, 1.165) is 122 Å². The van der Waals surface area contributed by atoms with Crippen LogP contribution in [0.25, 0.3) is 0 Å². The van der Waals surface area contributed by atoms with Crippen molar-refractivity contribution in [3.05, 3.63) is 72.9 Å². The Morgan fingerprint density at radius 2 is 0.574 bits per heavy atom. The molecule has 0 aliphatic carbocycles. The summed E-state index contributed by atoms with van der Waals surface area (Å²) in [5.41, 5.74) is 0. The molecule has 1 atom stereocenters. The van der Waals surface area contributed by atoms with Crippen molar-refractivity contribution in [1.29, 1.82) is 0 Å². The average molecular weight is 950 g/mol. The monoisotopic (exact) mass is 949 g/mol. The quantitative estimate of drug-likeness (QED) is 0.0262. The van der Waals surface area contributed by atoms with E-state index in [-0.39, 0.29) is 31.1 Å². The third-order valence-electron chi connectivity index (χ3n) is 12.5. The fourth-order valence-electron chi connectivity index (χ4n) is 8.18. The maximum atomic E-state index is 12.8. The Bertz CT molecular complexity index is 1270. The average Bonchev–Trinajstić information content (AvgIpc) is 3.34. The second kappa shape index (κ2) is 56.4. The Morgan fingerprint density at radius 3 is 0.912 bits per heavy atom. The lowest BCUT2D eigenvalue weighted by Gasteiger charge is -2.18. The van der Waals surface area contributed by atoms with Gasteiger partial charge in [0.25, 0.3) is 0 Å². The largest absolute Gasteiger partial charge is 0.462 e. The Hall–Kier alpha value is -3.15. The van der Waals surface area contributed by atoms with Crippen LogP contribution < -0.4 is 0 Å². The third-order valence-corrected chi connectivity index (χ3v) is 12.5. The van der Waals surface area contributed by atoms with Crippen molar-refractivity contribution in [1.82, 2.24) is 0 Å². The molecule has 6 nitrogen and oxygen atoms in total. The minimum atomic E-state index is -0.795. The molecule has 0 rings (SSSR count). The fourth-order valence-corrected chi connectivity index (χ4v) is 8.18. The van der Waals surface area contributed by atoms with Gasteiger partial charge in [-0.05, 0) is 83.5 Å². The highest BCUT2D eigenvalue weighted by Crippen LogP contribution is 2.17. The second-order valence-electron chi connectivity index (χ2n) is 19.1. The van der Waals surface area contributed by atoms with E-state index in [1.807, 2.05) is 0 Å². The molecule has 0 aliphatic rings. The molecule has 0 aliphatic heterocycles. The highest BCUT2D eigenvalue weighted by molar-refractivity contribution is 5.71. The molecular weight excluding hydrogens is 841 g/mol. The molecule has 68 heavy (non-hydrogen) atoms. The summed E-state index contributed by atoms with van der Waals surface area (Å²) in [5.74, 6) is -0.929. The predicted molar refractivity (Wildman–Crippen MR) is 293 cm³/mol. The van der Waals surface area contributed by atoms with Crippen molar-refractivity contribution in [2.24, 2.45) is 0 Å². The Morgan fingerprint density at radius 1 is 0.309 bits per heavy atom. The van der Waals surface area contributed by atoms with Crippen LogP contribution in [0.5, 0.6) is 0 Å². The van der Waals surface area contributed by atoms with Crippen molar-refractivity contribution < 1.29 is 28.6 Å². The van der Waals surface area contributed by atoms with Gasteiger partial charge in [0.1, 0.15) is 13.2 Å². The fraction of sp³-hybridized carbons (Fsp3) is 0.758. The van der Waals surface area contributed by atoms with E-state index in [2.05, 4.69) is 93.7 Å². The highest BCUT2D eigenvalue weighted by Gasteiger charge is 2.19. The van der Waals surface area contributed by atoms with Gasteiger partial charge >= 0.3 is 17.9 Å². The normalized spacial score (nSPS) is 12.6. The van der Waals surface area contributed by atoms with E-state index in [1.165, 1.54) is 122 Å². The molecule has 0 fully saturated rings. The summed E-state index contributed by atoms with van der Waals surface area (Å²) in [6.45, 7) is 6.40. The van der Waals surface area contributed by atoms with Crippen LogP contribution in [0.15, 0.2) is 72.9 Å². The van der Waals surface area contributed by atoms with Crippen molar-refractivity contribution in [3.8, 4) is 0 Å². The Kier molecular flexibility index (Phi) is 53.8. The molecule has 0 bridgehead atoms. The van der Waals surface area contributed by atoms with Gasteiger partial charge < -0.3 is 14.2 Å². The molecule has 1 unspecified atom stereocenters. The molecule has 392 valence electrons. The third kappa shape index (κ3) is 53.8. The Labute approximate surface area is 421 Å². The SMILES string of the molecule is CC/C=C\C/C=C\C/C=C\CCCCCCCC(=O)OC(COC(=O)CCCCC/C=C\C/C=C\C/C=C\CC)COC(=O)CCCCCCCCCCCCCCCCCCCCCCCC. The van der Waals surface area contributed by atoms with E-state index >= 15 is 0 Å². The van der Waals surface area contributed by atoms with Crippen molar-refractivity contribution >= 4 is 17.9 Å². The summed E-state index contributed by atoms with van der Waals surface area (Å²) in [6, 6.07) is 0. The summed E-state index contributed by atoms with van der Waals surface area (Å²) in [4.78, 5) is 38.1. The first-order valence-corrected chi connectivity index (χ1v) is 28.9. The van der Waals surface area contributed by atoms with Crippen LogP contribution in [-0.4, -0.2) is 37.2 Å². The van der Waals surface area contributed by atoms with Gasteiger partial charge in [0.2, 0.25) is 0 Å². The molecule has 0 heterocycles. The van der Waals surface area contributed by atoms with Crippen LogP contribution in [0.1, 0.15) is 284 Å². The molecule has 0 saturated heterocycles. The predicted octanol–water partition coefficient (Wildman–Crippen LogP) is 19.4. The number of esters is 3. The standard InChI is InChI=1S/C62H108O6/c1-4-7-10-13-16-19-22-25-27-28-29-30-31-32-33-35-37-40-43-46-49-52-55-61(64)67-58-59(57-66-60(63)54-51-48-45-42-39-36-24-21-18-15-12-9-6-3)68-62(65)56-53-50-47-44-41-38-34-26-23-20-17-14-11-8-5-2/h8-9,11-12,17-18,20-21,26,34,36,39,59H,4-7,10,13-16,19,22-25,27-33,35,37-38,40-58H2,1-3H3/b11-8-,12-9-,20-17-,21-18-,34-26-,39-36-. The van der Waals surface area contributed by atoms with E-state index in [4.69, 9.17) is 14.2 Å². The summed E-state index contributed by atoms with van der Waals surface area (Å²) < 4.78 is 16.8. The number of hydrogen-bond donors (Lipinski definition) is 0. The molecule has 0 aromatic rings. The molecule has 0 spiro atoms. The number of carbonyl (C=O) groups excluding carboxylic acids is 3. The van der Waals surface area contributed by atoms with Crippen molar-refractivity contribution in [2.75, 3.05) is 13.2 Å². The molecule has 0 aromatic heterocycles. The molecule has 0 amide bonds. The number of carbonyl (C=O) groups is 3. The summed E-state index contributed by atoms with van der Waals surface area (Å²) in [5, 5.41) is 0. The first-order chi connectivity index (χ1) is 33.5. The van der Waals surface area contributed by atoms with E-state index in [1.54, 1.807) is 0 Å². The van der Waals surface area contributed by atoms with Gasteiger partial charge in [0, 0.05) is 19.3 Å². The van der Waals surface area contributed by atoms with E-state index in [9.17, 15) is 14.4 Å². The van der Waals surface area contributed by atoms with Crippen LogP contribution >= 0.6 is 0 Å². The minimum Gasteiger partial charge on any atom is -0.462 e. The lowest BCUT2D eigenvalue weighted by atomic mass is 10.0. The topological polar surface area (TPSA) is 78.9 Å². The first kappa shape index (κ1) is 64.8. The van der Waals surface area contributed by atoms with E-state index < -0.39 is 6.10 Å². The van der Waals surface area contributed by atoms with Gasteiger partial charge in [-0.1, -0.05) is 254 Å². The lowest BCUT2D eigenvalue weighted by Crippen LogP contribution is -2.30. The van der Waals surface area contributed by atoms with Crippen molar-refractivity contribution in [2.45, 2.75) is 290 Å². The van der Waals surface area contributed by atoms with Crippen LogP contribution in [0.4, 0.5) is 0 Å². The smallest absolute Gasteiger partial charge is 0.306 e. The van der Waals surface area contributed by atoms with Gasteiger partial charge in [-0.15, -0.1) is 0 Å². The number of ether oxygens (including phenoxy) is 3. The molecule has 0 radical (unpaired) electrons. The summed E-state index contributed by atoms with van der Waals surface area (Å²) >= 11 is 0. The van der Waals surface area contributed by atoms with Gasteiger partial charge in [-0.3, -0.25) is 14.4 Å². The maximum Gasteiger partial charge on any atom is 0.306 e. The number of allylic oxidation sites excluding steroid dienone is 12. The number of hydrogen-bond acceptors (Lipinski definition) is 6. The second-order valence-corrected chi connectivity index (χ2v) is 19.1. The lowest BCUT2D eigenvalue weighted by molar-refractivity contribution is -0.167. The number of unbranched alkanes of at least 4 members (excludes halogenated alkanes) is 29. The molecule has 0 aromatic carbocycles. The van der Waals surface area contributed by atoms with Crippen LogP contribution in [0.2, 0.25) is 0 Å². The molecule has 0 N–H and O–H groups in total. The summed E-state index contributed by atoms with van der Waals surface area (Å²) in [7, 11) is 0. The highest BCUT2D eigenvalue weighted by atomic mass is 16.6. The molecular formula is C62H108O6. The van der Waals surface area contributed by atoms with Crippen molar-refractivity contribution in [3.63, 3.8) is 0 Å². The first-order valence-electron chi connectivity index (χ1n) is 28.9. The van der Waals surface area contributed by atoms with Gasteiger partial charge in [-0.2, -0.15) is 0 Å². The zero-order valence-electron chi connectivity index (χ0n) is 44.9. The Balaban J connectivity index is 4.33. The van der Waals surface area contributed by atoms with Crippen LogP contribution in [0, 0.1) is 0 Å². The summed E-state index contributed by atoms with van der Waals surface area (Å²) in [6.07, 6.45) is 71.9.